The van der Waals surface area contributed by atoms with Crippen LogP contribution in [0, 0.1) is 3.57 Å². The van der Waals surface area contributed by atoms with Gasteiger partial charge in [0.1, 0.15) is 6.04 Å². The first-order valence-electron chi connectivity index (χ1n) is 10.4. The molecule has 33 heavy (non-hydrogen) atoms. The highest BCUT2D eigenvalue weighted by Gasteiger charge is 2.43. The molecule has 2 amide bonds. The van der Waals surface area contributed by atoms with Crippen molar-refractivity contribution in [3.05, 3.63) is 93.0 Å². The van der Waals surface area contributed by atoms with Crippen LogP contribution in [0.2, 0.25) is 5.02 Å². The van der Waals surface area contributed by atoms with Crippen LogP contribution in [-0.4, -0.2) is 34.4 Å². The van der Waals surface area contributed by atoms with Crippen LogP contribution in [0.1, 0.15) is 12.0 Å². The first kappa shape index (κ1) is 23.7. The number of hydrogen-bond acceptors (Lipinski definition) is 3. The van der Waals surface area contributed by atoms with Crippen molar-refractivity contribution in [3.8, 4) is 0 Å². The first-order valence-corrected chi connectivity index (χ1v) is 12.3. The number of carbonyl (C=O) groups excluding carboxylic acids is 2. The molecule has 0 spiro atoms. The smallest absolute Gasteiger partial charge is 0.256 e. The Bertz CT molecular complexity index is 1160. The lowest BCUT2D eigenvalue weighted by molar-refractivity contribution is -0.124. The largest absolute Gasteiger partial charge is 0.336 e. The lowest BCUT2D eigenvalue weighted by atomic mass is 10.1. The molecule has 1 fully saturated rings. The Kier molecular flexibility index (Phi) is 7.62. The molecule has 0 aliphatic carbocycles. The second-order valence-corrected chi connectivity index (χ2v) is 9.68. The molecule has 1 unspecified atom stereocenters. The van der Waals surface area contributed by atoms with E-state index >= 15 is 0 Å². The van der Waals surface area contributed by atoms with E-state index in [1.54, 1.807) is 0 Å². The highest BCUT2D eigenvalue weighted by Crippen LogP contribution is 2.28. The van der Waals surface area contributed by atoms with Crippen LogP contribution in [0.5, 0.6) is 0 Å². The lowest BCUT2D eigenvalue weighted by Gasteiger charge is -2.24. The summed E-state index contributed by atoms with van der Waals surface area (Å²) in [6.07, 6.45) is 0.678. The molecule has 1 aliphatic heterocycles. The summed E-state index contributed by atoms with van der Waals surface area (Å²) < 4.78 is 1.08. The van der Waals surface area contributed by atoms with E-state index in [1.807, 2.05) is 83.8 Å². The molecule has 0 bridgehead atoms. The molecule has 1 N–H and O–H groups in total. The second kappa shape index (κ2) is 10.6. The fraction of sp³-hybridized carbons (Fsp3) is 0.160. The predicted molar refractivity (Wildman–Crippen MR) is 145 cm³/mol. The van der Waals surface area contributed by atoms with Gasteiger partial charge < -0.3 is 10.2 Å². The van der Waals surface area contributed by atoms with Crippen LogP contribution in [0.25, 0.3) is 0 Å². The van der Waals surface area contributed by atoms with E-state index in [0.29, 0.717) is 34.5 Å². The highest BCUT2D eigenvalue weighted by atomic mass is 127. The number of amides is 2. The van der Waals surface area contributed by atoms with Gasteiger partial charge in [-0.25, -0.2) is 0 Å². The van der Waals surface area contributed by atoms with Crippen LogP contribution >= 0.6 is 46.4 Å². The third-order valence-electron chi connectivity index (χ3n) is 5.39. The van der Waals surface area contributed by atoms with Crippen molar-refractivity contribution in [2.45, 2.75) is 18.9 Å². The van der Waals surface area contributed by atoms with Crippen LogP contribution in [-0.2, 0) is 16.0 Å². The van der Waals surface area contributed by atoms with E-state index in [0.717, 1.165) is 9.13 Å². The molecule has 0 radical (unpaired) electrons. The van der Waals surface area contributed by atoms with Gasteiger partial charge in [-0.3, -0.25) is 14.5 Å². The van der Waals surface area contributed by atoms with Crippen LogP contribution in [0.3, 0.4) is 0 Å². The van der Waals surface area contributed by atoms with Gasteiger partial charge in [0.15, 0.2) is 5.11 Å². The minimum atomic E-state index is -0.672. The molecular formula is C25H21ClIN3O2S. The molecule has 5 nitrogen and oxygen atoms in total. The normalized spacial score (nSPS) is 15.8. The first-order chi connectivity index (χ1) is 15.9. The van der Waals surface area contributed by atoms with E-state index in [4.69, 9.17) is 23.8 Å². The Labute approximate surface area is 216 Å². The molecule has 1 saturated heterocycles. The Morgan fingerprint density at radius 3 is 2.33 bits per heavy atom. The number of para-hydroxylation sites is 1. The number of halogens is 2. The molecule has 3 aromatic rings. The Morgan fingerprint density at radius 2 is 1.67 bits per heavy atom. The molecular weight excluding hydrogens is 569 g/mol. The van der Waals surface area contributed by atoms with Gasteiger partial charge in [0.25, 0.3) is 5.91 Å². The Balaban J connectivity index is 1.54. The molecule has 1 atom stereocenters. The summed E-state index contributed by atoms with van der Waals surface area (Å²) in [5, 5.41) is 3.97. The van der Waals surface area contributed by atoms with Gasteiger partial charge in [0, 0.05) is 20.8 Å². The van der Waals surface area contributed by atoms with Gasteiger partial charge in [0.2, 0.25) is 5.91 Å². The molecule has 1 aliphatic rings. The summed E-state index contributed by atoms with van der Waals surface area (Å²) in [7, 11) is 0. The average Bonchev–Trinajstić information content (AvgIpc) is 3.04. The molecule has 0 aromatic heterocycles. The van der Waals surface area contributed by atoms with Crippen LogP contribution < -0.4 is 10.2 Å². The van der Waals surface area contributed by atoms with Gasteiger partial charge >= 0.3 is 0 Å². The minimum absolute atomic E-state index is 0.00884. The number of hydrogen-bond donors (Lipinski definition) is 1. The van der Waals surface area contributed by atoms with Crippen molar-refractivity contribution in [2.75, 3.05) is 16.8 Å². The van der Waals surface area contributed by atoms with Crippen molar-refractivity contribution in [1.82, 2.24) is 4.90 Å². The Morgan fingerprint density at radius 1 is 1.00 bits per heavy atom. The summed E-state index contributed by atoms with van der Waals surface area (Å²) >= 11 is 13.9. The van der Waals surface area contributed by atoms with Crippen molar-refractivity contribution >= 4 is 74.7 Å². The maximum absolute atomic E-state index is 13.4. The van der Waals surface area contributed by atoms with E-state index in [2.05, 4.69) is 27.9 Å². The number of thiocarbonyl (C=S) groups is 1. The van der Waals surface area contributed by atoms with Gasteiger partial charge in [-0.15, -0.1) is 0 Å². The third kappa shape index (κ3) is 5.72. The standard InChI is InChI=1S/C25H21ClIN3O2S/c26-18-8-6-17(7-9-18)14-15-29-22(16-23(31)28-20-12-10-19(27)11-13-20)24(32)30(25(29)33)21-4-2-1-3-5-21/h1-13,22H,14-16H2,(H,28,31). The number of nitrogens with one attached hydrogen (secondary N) is 1. The van der Waals surface area contributed by atoms with E-state index in [1.165, 1.54) is 4.90 Å². The maximum Gasteiger partial charge on any atom is 0.256 e. The van der Waals surface area contributed by atoms with E-state index in [-0.39, 0.29) is 18.2 Å². The van der Waals surface area contributed by atoms with Crippen molar-refractivity contribution < 1.29 is 9.59 Å². The van der Waals surface area contributed by atoms with Gasteiger partial charge in [-0.1, -0.05) is 41.9 Å². The molecule has 0 saturated carbocycles. The lowest BCUT2D eigenvalue weighted by Crippen LogP contribution is -2.39. The zero-order chi connectivity index (χ0) is 23.4. The minimum Gasteiger partial charge on any atom is -0.336 e. The Hall–Kier alpha value is -2.49. The van der Waals surface area contributed by atoms with Gasteiger partial charge in [-0.05, 0) is 95.3 Å². The van der Waals surface area contributed by atoms with Crippen molar-refractivity contribution in [3.63, 3.8) is 0 Å². The van der Waals surface area contributed by atoms with E-state index < -0.39 is 6.04 Å². The fourth-order valence-electron chi connectivity index (χ4n) is 3.72. The monoisotopic (exact) mass is 589 g/mol. The maximum atomic E-state index is 13.4. The number of anilines is 2. The zero-order valence-electron chi connectivity index (χ0n) is 17.6. The van der Waals surface area contributed by atoms with Crippen molar-refractivity contribution in [1.29, 1.82) is 0 Å². The summed E-state index contributed by atoms with van der Waals surface area (Å²) in [5.74, 6) is -0.427. The van der Waals surface area contributed by atoms with Crippen molar-refractivity contribution in [2.24, 2.45) is 0 Å². The summed E-state index contributed by atoms with van der Waals surface area (Å²) in [6, 6.07) is 23.7. The number of nitrogens with zero attached hydrogens (tertiary/aromatic N) is 2. The SMILES string of the molecule is O=C(CC1C(=O)N(c2ccccc2)C(=S)N1CCc1ccc(Cl)cc1)Nc1ccc(I)cc1. The molecule has 3 aromatic carbocycles. The number of rotatable bonds is 7. The van der Waals surface area contributed by atoms with Gasteiger partial charge in [0.05, 0.1) is 12.1 Å². The van der Waals surface area contributed by atoms with Gasteiger partial charge in [-0.2, -0.15) is 0 Å². The average molecular weight is 590 g/mol. The topological polar surface area (TPSA) is 52.7 Å². The van der Waals surface area contributed by atoms with E-state index in [9.17, 15) is 9.59 Å². The molecule has 8 heteroatoms. The second-order valence-electron chi connectivity index (χ2n) is 7.64. The van der Waals surface area contributed by atoms with Crippen LogP contribution in [0.4, 0.5) is 11.4 Å². The number of carbonyl (C=O) groups is 2. The highest BCUT2D eigenvalue weighted by molar-refractivity contribution is 14.1. The molecule has 168 valence electrons. The summed E-state index contributed by atoms with van der Waals surface area (Å²) in [5.41, 5.74) is 2.47. The van der Waals surface area contributed by atoms with Crippen LogP contribution in [0.15, 0.2) is 78.9 Å². The fourth-order valence-corrected chi connectivity index (χ4v) is 4.62. The summed E-state index contributed by atoms with van der Waals surface area (Å²) in [6.45, 7) is 0.511. The molecule has 4 rings (SSSR count). The molecule has 1 heterocycles. The third-order valence-corrected chi connectivity index (χ3v) is 6.78. The zero-order valence-corrected chi connectivity index (χ0v) is 21.3. The quantitative estimate of drug-likeness (QED) is 0.291. The number of benzene rings is 3. The predicted octanol–water partition coefficient (Wildman–Crippen LogP) is 5.52. The summed E-state index contributed by atoms with van der Waals surface area (Å²) in [4.78, 5) is 29.6.